The van der Waals surface area contributed by atoms with Crippen molar-refractivity contribution >= 4 is 17.8 Å². The van der Waals surface area contributed by atoms with E-state index < -0.39 is 17.6 Å². The lowest BCUT2D eigenvalue weighted by molar-refractivity contribution is -0.138. The molecule has 1 heterocycles. The number of carbonyl (C=O) groups is 3. The molecule has 0 bridgehead atoms. The molecule has 2 aliphatic rings. The van der Waals surface area contributed by atoms with Gasteiger partial charge in [0, 0.05) is 6.04 Å². The van der Waals surface area contributed by atoms with E-state index in [9.17, 15) is 14.4 Å². The van der Waals surface area contributed by atoms with Gasteiger partial charge in [0.05, 0.1) is 0 Å². The van der Waals surface area contributed by atoms with Gasteiger partial charge in [0.1, 0.15) is 11.6 Å². The zero-order valence-electron chi connectivity index (χ0n) is 17.1. The zero-order valence-corrected chi connectivity index (χ0v) is 17.1. The minimum absolute atomic E-state index is 0.000979. The van der Waals surface area contributed by atoms with E-state index in [1.165, 1.54) is 0 Å². The molecule has 6 nitrogen and oxygen atoms in total. The molecule has 1 aliphatic heterocycles. The van der Waals surface area contributed by atoms with Crippen LogP contribution in [0.1, 0.15) is 80.1 Å². The number of nitrogens with one attached hydrogen (secondary N) is 2. The molecule has 0 aromatic carbocycles. The maximum Gasteiger partial charge on any atom is 0.325 e. The van der Waals surface area contributed by atoms with Crippen molar-refractivity contribution in [1.82, 2.24) is 15.5 Å². The van der Waals surface area contributed by atoms with E-state index in [-0.39, 0.29) is 23.3 Å². The minimum Gasteiger partial charge on any atom is -0.351 e. The minimum atomic E-state index is -0.800. The maximum atomic E-state index is 12.8. The van der Waals surface area contributed by atoms with Gasteiger partial charge in [0.2, 0.25) is 5.91 Å². The standard InChI is InChI=1S/C20H35N3O3/c1-13(2)9-10-15(19(4,5)6)21-16(24)14(3)23-17(25)20(22-18(23)26)11-7-8-12-20/h13-15H,7-12H2,1-6H3,(H,21,24)(H,22,26). The Morgan fingerprint density at radius 2 is 1.73 bits per heavy atom. The van der Waals surface area contributed by atoms with Gasteiger partial charge in [0.15, 0.2) is 0 Å². The van der Waals surface area contributed by atoms with Crippen molar-refractivity contribution in [2.75, 3.05) is 0 Å². The van der Waals surface area contributed by atoms with E-state index in [1.54, 1.807) is 6.92 Å². The normalized spacial score (nSPS) is 22.0. The van der Waals surface area contributed by atoms with Crippen molar-refractivity contribution in [3.63, 3.8) is 0 Å². The summed E-state index contributed by atoms with van der Waals surface area (Å²) in [5, 5.41) is 5.94. The summed E-state index contributed by atoms with van der Waals surface area (Å²) in [5.74, 6) is 0.0618. The molecule has 0 radical (unpaired) electrons. The highest BCUT2D eigenvalue weighted by atomic mass is 16.2. The smallest absolute Gasteiger partial charge is 0.325 e. The van der Waals surface area contributed by atoms with E-state index in [1.807, 2.05) is 0 Å². The molecular weight excluding hydrogens is 330 g/mol. The van der Waals surface area contributed by atoms with E-state index in [0.29, 0.717) is 18.8 Å². The molecule has 2 fully saturated rings. The van der Waals surface area contributed by atoms with Crippen LogP contribution in [0.5, 0.6) is 0 Å². The van der Waals surface area contributed by atoms with Gasteiger partial charge in [-0.15, -0.1) is 0 Å². The van der Waals surface area contributed by atoms with E-state index in [4.69, 9.17) is 0 Å². The number of hydrogen-bond acceptors (Lipinski definition) is 3. The monoisotopic (exact) mass is 365 g/mol. The first-order valence-electron chi connectivity index (χ1n) is 9.94. The highest BCUT2D eigenvalue weighted by molar-refractivity contribution is 6.10. The second-order valence-electron chi connectivity index (χ2n) is 9.47. The largest absolute Gasteiger partial charge is 0.351 e. The van der Waals surface area contributed by atoms with Crippen molar-refractivity contribution in [1.29, 1.82) is 0 Å². The summed E-state index contributed by atoms with van der Waals surface area (Å²) in [6.45, 7) is 12.3. The molecule has 6 heteroatoms. The third-order valence-corrected chi connectivity index (χ3v) is 5.81. The van der Waals surface area contributed by atoms with Crippen LogP contribution in [0.15, 0.2) is 0 Å². The molecule has 2 unspecified atom stereocenters. The van der Waals surface area contributed by atoms with Gasteiger partial charge >= 0.3 is 6.03 Å². The highest BCUT2D eigenvalue weighted by Crippen LogP contribution is 2.36. The van der Waals surface area contributed by atoms with Crippen molar-refractivity contribution < 1.29 is 14.4 Å². The summed E-state index contributed by atoms with van der Waals surface area (Å²) in [7, 11) is 0. The molecule has 1 saturated carbocycles. The second-order valence-corrected chi connectivity index (χ2v) is 9.47. The predicted octanol–water partition coefficient (Wildman–Crippen LogP) is 3.21. The van der Waals surface area contributed by atoms with Crippen LogP contribution in [-0.4, -0.2) is 40.4 Å². The van der Waals surface area contributed by atoms with Gasteiger partial charge in [-0.25, -0.2) is 9.69 Å². The van der Waals surface area contributed by atoms with Gasteiger partial charge in [-0.1, -0.05) is 47.5 Å². The fourth-order valence-corrected chi connectivity index (χ4v) is 3.94. The Morgan fingerprint density at radius 1 is 1.15 bits per heavy atom. The van der Waals surface area contributed by atoms with Gasteiger partial charge < -0.3 is 10.6 Å². The van der Waals surface area contributed by atoms with Crippen molar-refractivity contribution in [3.05, 3.63) is 0 Å². The Kier molecular flexibility index (Phi) is 6.03. The first-order valence-corrected chi connectivity index (χ1v) is 9.94. The average Bonchev–Trinajstić information content (AvgIpc) is 3.07. The number of nitrogens with zero attached hydrogens (tertiary/aromatic N) is 1. The summed E-state index contributed by atoms with van der Waals surface area (Å²) in [6.07, 6.45) is 5.10. The highest BCUT2D eigenvalue weighted by Gasteiger charge is 2.54. The van der Waals surface area contributed by atoms with Crippen LogP contribution in [-0.2, 0) is 9.59 Å². The Labute approximate surface area is 157 Å². The molecule has 1 aliphatic carbocycles. The summed E-state index contributed by atoms with van der Waals surface area (Å²) < 4.78 is 0. The summed E-state index contributed by atoms with van der Waals surface area (Å²) in [4.78, 5) is 39.2. The molecule has 1 spiro atoms. The van der Waals surface area contributed by atoms with E-state index in [2.05, 4.69) is 45.3 Å². The van der Waals surface area contributed by atoms with Crippen LogP contribution in [0.2, 0.25) is 0 Å². The Balaban J connectivity index is 2.07. The maximum absolute atomic E-state index is 12.8. The number of imide groups is 1. The van der Waals surface area contributed by atoms with Crippen molar-refractivity contribution in [3.8, 4) is 0 Å². The molecule has 2 atom stereocenters. The lowest BCUT2D eigenvalue weighted by atomic mass is 9.82. The number of urea groups is 1. The van der Waals surface area contributed by atoms with Crippen LogP contribution in [0.4, 0.5) is 4.79 Å². The lowest BCUT2D eigenvalue weighted by Gasteiger charge is -2.34. The van der Waals surface area contributed by atoms with Crippen LogP contribution in [0.25, 0.3) is 0 Å². The molecule has 0 aromatic heterocycles. The predicted molar refractivity (Wildman–Crippen MR) is 101 cm³/mol. The first kappa shape index (κ1) is 20.7. The zero-order chi connectivity index (χ0) is 19.7. The molecule has 26 heavy (non-hydrogen) atoms. The molecule has 2 rings (SSSR count). The van der Waals surface area contributed by atoms with Crippen molar-refractivity contribution in [2.24, 2.45) is 11.3 Å². The summed E-state index contributed by atoms with van der Waals surface area (Å²) >= 11 is 0. The fourth-order valence-electron chi connectivity index (χ4n) is 3.94. The van der Waals surface area contributed by atoms with Gasteiger partial charge in [-0.05, 0) is 43.9 Å². The third kappa shape index (κ3) is 4.21. The number of amides is 4. The lowest BCUT2D eigenvalue weighted by Crippen LogP contribution is -2.54. The molecule has 148 valence electrons. The van der Waals surface area contributed by atoms with Crippen LogP contribution in [0, 0.1) is 11.3 Å². The quantitative estimate of drug-likeness (QED) is 0.710. The van der Waals surface area contributed by atoms with Crippen LogP contribution >= 0.6 is 0 Å². The van der Waals surface area contributed by atoms with Crippen LogP contribution in [0.3, 0.4) is 0 Å². The Bertz CT molecular complexity index is 559. The summed E-state index contributed by atoms with van der Waals surface area (Å²) in [6, 6.07) is -1.23. The van der Waals surface area contributed by atoms with Gasteiger partial charge in [-0.2, -0.15) is 0 Å². The molecule has 1 saturated heterocycles. The molecule has 2 N–H and O–H groups in total. The first-order chi connectivity index (χ1) is 12.0. The summed E-state index contributed by atoms with van der Waals surface area (Å²) in [5.41, 5.74) is -0.860. The second kappa shape index (κ2) is 7.57. The van der Waals surface area contributed by atoms with Crippen molar-refractivity contribution in [2.45, 2.75) is 97.7 Å². The molecular formula is C20H35N3O3. The van der Waals surface area contributed by atoms with Crippen LogP contribution < -0.4 is 10.6 Å². The van der Waals surface area contributed by atoms with E-state index >= 15 is 0 Å². The number of hydrogen-bond donors (Lipinski definition) is 2. The topological polar surface area (TPSA) is 78.5 Å². The molecule has 4 amide bonds. The number of carbonyl (C=O) groups excluding carboxylic acids is 3. The average molecular weight is 366 g/mol. The molecule has 0 aromatic rings. The van der Waals surface area contributed by atoms with Gasteiger partial charge in [-0.3, -0.25) is 9.59 Å². The van der Waals surface area contributed by atoms with E-state index in [0.717, 1.165) is 30.6 Å². The Hall–Kier alpha value is -1.59. The SMILES string of the molecule is CC(C)CCC(NC(=O)C(C)N1C(=O)NC2(CCCC2)C1=O)C(C)(C)C. The van der Waals surface area contributed by atoms with Gasteiger partial charge in [0.25, 0.3) is 5.91 Å². The number of rotatable bonds is 6. The Morgan fingerprint density at radius 3 is 2.23 bits per heavy atom. The fraction of sp³-hybridized carbons (Fsp3) is 0.850. The third-order valence-electron chi connectivity index (χ3n) is 5.81.